The molecular weight excluding hydrogens is 212 g/mol. The van der Waals surface area contributed by atoms with Crippen LogP contribution in [0.2, 0.25) is 0 Å². The molecule has 17 heavy (non-hydrogen) atoms. The Morgan fingerprint density at radius 1 is 1.59 bits per heavy atom. The third-order valence-electron chi connectivity index (χ3n) is 3.82. The van der Waals surface area contributed by atoms with Crippen molar-refractivity contribution in [3.63, 3.8) is 0 Å². The van der Waals surface area contributed by atoms with Crippen molar-refractivity contribution >= 4 is 0 Å². The molecule has 2 rings (SSSR count). The summed E-state index contributed by atoms with van der Waals surface area (Å²) in [7, 11) is 1.99. The van der Waals surface area contributed by atoms with E-state index in [0.29, 0.717) is 12.1 Å². The minimum absolute atomic E-state index is 0.382. The summed E-state index contributed by atoms with van der Waals surface area (Å²) in [6, 6.07) is 1.02. The van der Waals surface area contributed by atoms with Gasteiger partial charge in [0.25, 0.3) is 0 Å². The van der Waals surface area contributed by atoms with E-state index in [0.717, 1.165) is 6.54 Å². The Hall–Kier alpha value is -0.870. The monoisotopic (exact) mass is 236 g/mol. The molecule has 0 bridgehead atoms. The Morgan fingerprint density at radius 2 is 2.41 bits per heavy atom. The lowest BCUT2D eigenvalue weighted by molar-refractivity contribution is 0.371. The van der Waals surface area contributed by atoms with E-state index in [1.807, 2.05) is 17.9 Å². The summed E-state index contributed by atoms with van der Waals surface area (Å²) in [6.07, 6.45) is 5.96. The van der Waals surface area contributed by atoms with Crippen molar-refractivity contribution in [3.05, 3.63) is 17.5 Å². The maximum Gasteiger partial charge on any atom is 0.0540 e. The van der Waals surface area contributed by atoms with Crippen molar-refractivity contribution in [2.24, 2.45) is 7.05 Å². The van der Waals surface area contributed by atoms with Crippen LogP contribution >= 0.6 is 0 Å². The number of hydrogen-bond donors (Lipinski definition) is 2. The lowest BCUT2D eigenvalue weighted by atomic mass is 10.0. The third kappa shape index (κ3) is 3.07. The highest BCUT2D eigenvalue weighted by atomic mass is 15.3. The second-order valence-electron chi connectivity index (χ2n) is 5.09. The standard InChI is InChI=1S/C13H24N4/c1-10(13-9-16-17(3)11(13)2)15-8-12-6-4-5-7-14-12/h9-10,12,14-15H,4-8H2,1-3H3. The first-order chi connectivity index (χ1) is 8.18. The lowest BCUT2D eigenvalue weighted by Gasteiger charge is -2.25. The fourth-order valence-electron chi connectivity index (χ4n) is 2.47. The van der Waals surface area contributed by atoms with Gasteiger partial charge in [0.1, 0.15) is 0 Å². The quantitative estimate of drug-likeness (QED) is 0.833. The summed E-state index contributed by atoms with van der Waals surface area (Å²) in [5.41, 5.74) is 2.56. The predicted molar refractivity (Wildman–Crippen MR) is 70.0 cm³/mol. The minimum atomic E-state index is 0.382. The molecule has 2 heterocycles. The van der Waals surface area contributed by atoms with Crippen molar-refractivity contribution < 1.29 is 0 Å². The van der Waals surface area contributed by atoms with Crippen LogP contribution in [0.1, 0.15) is 43.5 Å². The summed E-state index contributed by atoms with van der Waals surface area (Å²) >= 11 is 0. The first-order valence-electron chi connectivity index (χ1n) is 6.63. The van der Waals surface area contributed by atoms with Gasteiger partial charge >= 0.3 is 0 Å². The summed E-state index contributed by atoms with van der Waals surface area (Å²) in [5, 5.41) is 11.5. The van der Waals surface area contributed by atoms with Crippen LogP contribution in [0.15, 0.2) is 6.20 Å². The smallest absolute Gasteiger partial charge is 0.0540 e. The molecule has 0 radical (unpaired) electrons. The van der Waals surface area contributed by atoms with Crippen LogP contribution in [0.4, 0.5) is 0 Å². The third-order valence-corrected chi connectivity index (χ3v) is 3.82. The number of piperidine rings is 1. The first-order valence-corrected chi connectivity index (χ1v) is 6.63. The SMILES string of the molecule is Cc1c(C(C)NCC2CCCCN2)cnn1C. The lowest BCUT2D eigenvalue weighted by Crippen LogP contribution is -2.42. The highest BCUT2D eigenvalue weighted by molar-refractivity contribution is 5.19. The largest absolute Gasteiger partial charge is 0.313 e. The summed E-state index contributed by atoms with van der Waals surface area (Å²) in [4.78, 5) is 0. The van der Waals surface area contributed by atoms with Gasteiger partial charge in [0.15, 0.2) is 0 Å². The molecule has 0 amide bonds. The summed E-state index contributed by atoms with van der Waals surface area (Å²) in [6.45, 7) is 6.56. The van der Waals surface area contributed by atoms with Crippen molar-refractivity contribution in [2.45, 2.75) is 45.2 Å². The van der Waals surface area contributed by atoms with Crippen molar-refractivity contribution in [1.82, 2.24) is 20.4 Å². The van der Waals surface area contributed by atoms with Gasteiger partial charge < -0.3 is 10.6 Å². The van der Waals surface area contributed by atoms with E-state index >= 15 is 0 Å². The molecule has 2 atom stereocenters. The normalized spacial score (nSPS) is 22.6. The van der Waals surface area contributed by atoms with Crippen molar-refractivity contribution in [1.29, 1.82) is 0 Å². The Morgan fingerprint density at radius 3 is 3.00 bits per heavy atom. The Balaban J connectivity index is 1.84. The first kappa shape index (κ1) is 12.6. The van der Waals surface area contributed by atoms with E-state index in [4.69, 9.17) is 0 Å². The number of hydrogen-bond acceptors (Lipinski definition) is 3. The van der Waals surface area contributed by atoms with E-state index in [2.05, 4.69) is 29.6 Å². The molecule has 2 unspecified atom stereocenters. The summed E-state index contributed by atoms with van der Waals surface area (Å²) in [5.74, 6) is 0. The van der Waals surface area contributed by atoms with E-state index < -0.39 is 0 Å². The van der Waals surface area contributed by atoms with E-state index in [-0.39, 0.29) is 0 Å². The number of aromatic nitrogens is 2. The zero-order valence-corrected chi connectivity index (χ0v) is 11.2. The Bertz CT molecular complexity index is 352. The van der Waals surface area contributed by atoms with Crippen LogP contribution in [-0.4, -0.2) is 28.9 Å². The molecule has 1 aromatic rings. The van der Waals surface area contributed by atoms with Crippen molar-refractivity contribution in [3.8, 4) is 0 Å². The number of nitrogens with zero attached hydrogens (tertiary/aromatic N) is 2. The number of aryl methyl sites for hydroxylation is 1. The zero-order chi connectivity index (χ0) is 12.3. The Labute approximate surface area is 104 Å². The number of nitrogens with one attached hydrogen (secondary N) is 2. The molecule has 1 aliphatic heterocycles. The fourth-order valence-corrected chi connectivity index (χ4v) is 2.47. The molecule has 1 saturated heterocycles. The van der Waals surface area contributed by atoms with Gasteiger partial charge in [-0.25, -0.2) is 0 Å². The fraction of sp³-hybridized carbons (Fsp3) is 0.769. The molecule has 96 valence electrons. The molecule has 0 saturated carbocycles. The van der Waals surface area contributed by atoms with Gasteiger partial charge in [0.2, 0.25) is 0 Å². The molecule has 0 aromatic carbocycles. The molecular formula is C13H24N4. The molecule has 1 aliphatic rings. The van der Waals surface area contributed by atoms with Gasteiger partial charge in [0.05, 0.1) is 6.20 Å². The topological polar surface area (TPSA) is 41.9 Å². The molecule has 0 spiro atoms. The van der Waals surface area contributed by atoms with Gasteiger partial charge in [-0.2, -0.15) is 5.10 Å². The van der Waals surface area contributed by atoms with E-state index in [9.17, 15) is 0 Å². The van der Waals surface area contributed by atoms with Crippen LogP contribution in [0.25, 0.3) is 0 Å². The van der Waals surface area contributed by atoms with Crippen LogP contribution in [-0.2, 0) is 7.05 Å². The molecule has 1 fully saturated rings. The van der Waals surface area contributed by atoms with Crippen molar-refractivity contribution in [2.75, 3.05) is 13.1 Å². The maximum absolute atomic E-state index is 4.29. The molecule has 0 aliphatic carbocycles. The van der Waals surface area contributed by atoms with Gasteiger partial charge in [-0.05, 0) is 33.2 Å². The van der Waals surface area contributed by atoms with Crippen LogP contribution in [0.3, 0.4) is 0 Å². The van der Waals surface area contributed by atoms with Gasteiger partial charge in [0, 0.05) is 36.9 Å². The second-order valence-corrected chi connectivity index (χ2v) is 5.09. The van der Waals surface area contributed by atoms with Crippen LogP contribution in [0.5, 0.6) is 0 Å². The van der Waals surface area contributed by atoms with Crippen LogP contribution in [0, 0.1) is 6.92 Å². The molecule has 4 nitrogen and oxygen atoms in total. The second kappa shape index (κ2) is 5.65. The number of rotatable bonds is 4. The van der Waals surface area contributed by atoms with E-state index in [1.54, 1.807) is 0 Å². The molecule has 1 aromatic heterocycles. The average molecular weight is 236 g/mol. The molecule has 2 N–H and O–H groups in total. The highest BCUT2D eigenvalue weighted by Gasteiger charge is 2.15. The average Bonchev–Trinajstić information content (AvgIpc) is 2.69. The highest BCUT2D eigenvalue weighted by Crippen LogP contribution is 2.16. The van der Waals surface area contributed by atoms with Gasteiger partial charge in [-0.15, -0.1) is 0 Å². The van der Waals surface area contributed by atoms with E-state index in [1.165, 1.54) is 37.1 Å². The predicted octanol–water partition coefficient (Wildman–Crippen LogP) is 1.52. The maximum atomic E-state index is 4.29. The Kier molecular flexibility index (Phi) is 4.18. The van der Waals surface area contributed by atoms with Gasteiger partial charge in [-0.3, -0.25) is 4.68 Å². The summed E-state index contributed by atoms with van der Waals surface area (Å²) < 4.78 is 1.94. The minimum Gasteiger partial charge on any atom is -0.313 e. The molecule has 4 heteroatoms. The van der Waals surface area contributed by atoms with Crippen LogP contribution < -0.4 is 10.6 Å². The van der Waals surface area contributed by atoms with Gasteiger partial charge in [-0.1, -0.05) is 6.42 Å². The zero-order valence-electron chi connectivity index (χ0n) is 11.2.